The van der Waals surface area contributed by atoms with Crippen LogP contribution in [0.2, 0.25) is 0 Å². The van der Waals surface area contributed by atoms with Gasteiger partial charge < -0.3 is 15.1 Å². The second-order valence-electron chi connectivity index (χ2n) is 8.30. The van der Waals surface area contributed by atoms with Gasteiger partial charge in [0, 0.05) is 58.3 Å². The fourth-order valence-electron chi connectivity index (χ4n) is 4.72. The largest absolute Gasteiger partial charge is 0.340 e. The zero-order valence-corrected chi connectivity index (χ0v) is 16.5. The topological polar surface area (TPSA) is 76.2 Å². The minimum Gasteiger partial charge on any atom is -0.340 e. The molecule has 8 nitrogen and oxygen atoms in total. The molecule has 1 amide bonds. The molecule has 0 aromatic carbocycles. The monoisotopic (exact) mass is 385 g/mol. The van der Waals surface area contributed by atoms with Crippen molar-refractivity contribution in [3.63, 3.8) is 0 Å². The van der Waals surface area contributed by atoms with Crippen LogP contribution in [-0.2, 0) is 15.0 Å². The molecule has 0 aromatic heterocycles. The fourth-order valence-corrected chi connectivity index (χ4v) is 6.29. The number of nitrogens with one attached hydrogen (secondary N) is 1. The highest BCUT2D eigenvalue weighted by atomic mass is 32.2. The number of nitrogens with zero attached hydrogens (tertiary/aromatic N) is 4. The molecule has 1 saturated carbocycles. The molecule has 4 fully saturated rings. The van der Waals surface area contributed by atoms with E-state index in [2.05, 4.69) is 10.2 Å². The SMILES string of the molecule is CN1CCN(S(=O)(=O)N2CCN(C(=O)C3CC34CCNCC4)CC2)CC1. The number of piperidine rings is 1. The lowest BCUT2D eigenvalue weighted by Crippen LogP contribution is -2.57. The lowest BCUT2D eigenvalue weighted by Gasteiger charge is -2.39. The summed E-state index contributed by atoms with van der Waals surface area (Å²) in [5, 5.41) is 3.37. The highest BCUT2D eigenvalue weighted by molar-refractivity contribution is 7.86. The van der Waals surface area contributed by atoms with Crippen LogP contribution >= 0.6 is 0 Å². The maximum absolute atomic E-state index is 12.8. The zero-order chi connectivity index (χ0) is 18.4. The van der Waals surface area contributed by atoms with Crippen LogP contribution in [0.4, 0.5) is 0 Å². The Balaban J connectivity index is 1.31. The predicted molar refractivity (Wildman–Crippen MR) is 98.8 cm³/mol. The van der Waals surface area contributed by atoms with Gasteiger partial charge in [-0.3, -0.25) is 4.79 Å². The van der Waals surface area contributed by atoms with E-state index in [1.165, 1.54) is 0 Å². The number of amides is 1. The summed E-state index contributed by atoms with van der Waals surface area (Å²) in [6, 6.07) is 0. The zero-order valence-electron chi connectivity index (χ0n) is 15.7. The first-order valence-corrected chi connectivity index (χ1v) is 11.3. The van der Waals surface area contributed by atoms with Gasteiger partial charge in [-0.1, -0.05) is 0 Å². The first kappa shape index (κ1) is 18.6. The lowest BCUT2D eigenvalue weighted by atomic mass is 9.91. The molecule has 0 radical (unpaired) electrons. The van der Waals surface area contributed by atoms with E-state index >= 15 is 0 Å². The predicted octanol–water partition coefficient (Wildman–Crippen LogP) is -0.987. The maximum Gasteiger partial charge on any atom is 0.282 e. The Morgan fingerprint density at radius 3 is 2.04 bits per heavy atom. The van der Waals surface area contributed by atoms with Gasteiger partial charge in [-0.25, -0.2) is 0 Å². The molecule has 9 heteroatoms. The van der Waals surface area contributed by atoms with Crippen molar-refractivity contribution in [2.45, 2.75) is 19.3 Å². The molecule has 1 aliphatic carbocycles. The lowest BCUT2D eigenvalue weighted by molar-refractivity contribution is -0.134. The Morgan fingerprint density at radius 2 is 1.46 bits per heavy atom. The highest BCUT2D eigenvalue weighted by Crippen LogP contribution is 2.59. The van der Waals surface area contributed by atoms with Crippen LogP contribution in [-0.4, -0.2) is 105 Å². The van der Waals surface area contributed by atoms with E-state index in [1.807, 2.05) is 11.9 Å². The van der Waals surface area contributed by atoms with E-state index in [1.54, 1.807) is 8.61 Å². The first-order chi connectivity index (χ1) is 12.4. The minimum atomic E-state index is -3.40. The van der Waals surface area contributed by atoms with Gasteiger partial charge in [0.15, 0.2) is 0 Å². The second kappa shape index (κ2) is 7.01. The third-order valence-electron chi connectivity index (χ3n) is 6.75. The Morgan fingerprint density at radius 1 is 0.923 bits per heavy atom. The van der Waals surface area contributed by atoms with Crippen LogP contribution in [0.3, 0.4) is 0 Å². The van der Waals surface area contributed by atoms with E-state index in [4.69, 9.17) is 0 Å². The van der Waals surface area contributed by atoms with Gasteiger partial charge in [0.05, 0.1) is 0 Å². The van der Waals surface area contributed by atoms with Crippen molar-refractivity contribution >= 4 is 16.1 Å². The van der Waals surface area contributed by atoms with Crippen molar-refractivity contribution in [1.29, 1.82) is 0 Å². The van der Waals surface area contributed by atoms with Gasteiger partial charge in [0.1, 0.15) is 0 Å². The van der Waals surface area contributed by atoms with Crippen LogP contribution in [0.15, 0.2) is 0 Å². The second-order valence-corrected chi connectivity index (χ2v) is 10.2. The first-order valence-electron chi connectivity index (χ1n) is 9.86. The van der Waals surface area contributed by atoms with Crippen LogP contribution in [0.5, 0.6) is 0 Å². The van der Waals surface area contributed by atoms with E-state index in [-0.39, 0.29) is 17.2 Å². The summed E-state index contributed by atoms with van der Waals surface area (Å²) >= 11 is 0. The Bertz CT molecular complexity index is 633. The molecule has 0 aromatic rings. The van der Waals surface area contributed by atoms with Gasteiger partial charge in [-0.05, 0) is 44.8 Å². The molecule has 4 aliphatic rings. The average Bonchev–Trinajstić information content (AvgIpc) is 3.35. The number of hydrogen-bond donors (Lipinski definition) is 1. The molecule has 3 saturated heterocycles. The molecule has 1 N–H and O–H groups in total. The van der Waals surface area contributed by atoms with Crippen LogP contribution in [0.1, 0.15) is 19.3 Å². The molecule has 148 valence electrons. The van der Waals surface area contributed by atoms with Crippen molar-refractivity contribution in [3.05, 3.63) is 0 Å². The van der Waals surface area contributed by atoms with Gasteiger partial charge in [0.2, 0.25) is 5.91 Å². The molecular formula is C17H31N5O3S. The quantitative estimate of drug-likeness (QED) is 0.675. The number of hydrogen-bond acceptors (Lipinski definition) is 5. The molecule has 3 heterocycles. The summed E-state index contributed by atoms with van der Waals surface area (Å²) in [6.45, 7) is 6.57. The Labute approximate surface area is 156 Å². The van der Waals surface area contributed by atoms with E-state index in [0.29, 0.717) is 39.3 Å². The number of carbonyl (C=O) groups excluding carboxylic acids is 1. The van der Waals surface area contributed by atoms with E-state index in [0.717, 1.165) is 45.4 Å². The van der Waals surface area contributed by atoms with Crippen LogP contribution < -0.4 is 5.32 Å². The van der Waals surface area contributed by atoms with Crippen molar-refractivity contribution < 1.29 is 13.2 Å². The molecule has 3 aliphatic heterocycles. The molecular weight excluding hydrogens is 354 g/mol. The third kappa shape index (κ3) is 3.40. The Kier molecular flexibility index (Phi) is 5.02. The van der Waals surface area contributed by atoms with Crippen molar-refractivity contribution in [3.8, 4) is 0 Å². The molecule has 0 bridgehead atoms. The standard InChI is InChI=1S/C17H31N5O3S/c1-19-6-10-21(11-7-19)26(24,25)22-12-8-20(9-13-22)16(23)15-14-17(15)2-4-18-5-3-17/h15,18H,2-14H2,1H3. The van der Waals surface area contributed by atoms with Gasteiger partial charge in [-0.15, -0.1) is 0 Å². The summed E-state index contributed by atoms with van der Waals surface area (Å²) in [4.78, 5) is 16.9. The van der Waals surface area contributed by atoms with Gasteiger partial charge in [-0.2, -0.15) is 17.0 Å². The highest BCUT2D eigenvalue weighted by Gasteiger charge is 2.58. The van der Waals surface area contributed by atoms with Crippen molar-refractivity contribution in [2.75, 3.05) is 72.5 Å². The smallest absolute Gasteiger partial charge is 0.282 e. The summed E-state index contributed by atoms with van der Waals surface area (Å²) in [6.07, 6.45) is 3.22. The molecule has 1 atom stereocenters. The van der Waals surface area contributed by atoms with Gasteiger partial charge in [0.25, 0.3) is 10.2 Å². The van der Waals surface area contributed by atoms with Crippen LogP contribution in [0.25, 0.3) is 0 Å². The van der Waals surface area contributed by atoms with Crippen molar-refractivity contribution in [2.24, 2.45) is 11.3 Å². The average molecular weight is 386 g/mol. The number of rotatable bonds is 3. The van der Waals surface area contributed by atoms with E-state index in [9.17, 15) is 13.2 Å². The normalized spacial score (nSPS) is 31.3. The Hall–Kier alpha value is -0.740. The van der Waals surface area contributed by atoms with Crippen LogP contribution in [0, 0.1) is 11.3 Å². The third-order valence-corrected chi connectivity index (χ3v) is 8.79. The number of likely N-dealkylation sites (N-methyl/N-ethyl adjacent to an activating group) is 1. The summed E-state index contributed by atoms with van der Waals surface area (Å²) in [7, 11) is -1.38. The number of piperazine rings is 2. The van der Waals surface area contributed by atoms with Crippen molar-refractivity contribution in [1.82, 2.24) is 23.7 Å². The molecule has 1 spiro atoms. The molecule has 4 rings (SSSR count). The number of carbonyl (C=O) groups is 1. The summed E-state index contributed by atoms with van der Waals surface area (Å²) < 4.78 is 28.8. The van der Waals surface area contributed by atoms with Gasteiger partial charge >= 0.3 is 0 Å². The molecule has 1 unspecified atom stereocenters. The maximum atomic E-state index is 12.8. The molecule has 26 heavy (non-hydrogen) atoms. The minimum absolute atomic E-state index is 0.172. The fraction of sp³-hybridized carbons (Fsp3) is 0.941. The van der Waals surface area contributed by atoms with E-state index < -0.39 is 10.2 Å². The summed E-state index contributed by atoms with van der Waals surface area (Å²) in [5.74, 6) is 0.425. The summed E-state index contributed by atoms with van der Waals surface area (Å²) in [5.41, 5.74) is 0.241.